The molecule has 4 N–H and O–H groups in total. The maximum atomic E-state index is 12.5. The summed E-state index contributed by atoms with van der Waals surface area (Å²) in [7, 11) is 0. The first-order valence-electron chi connectivity index (χ1n) is 7.67. The summed E-state index contributed by atoms with van der Waals surface area (Å²) in [5.74, 6) is 0.383. The van der Waals surface area contributed by atoms with Gasteiger partial charge in [0.15, 0.2) is 6.10 Å². The fourth-order valence-electron chi connectivity index (χ4n) is 3.13. The lowest BCUT2D eigenvalue weighted by Gasteiger charge is -2.27. The van der Waals surface area contributed by atoms with Crippen molar-refractivity contribution >= 4 is 23.2 Å². The van der Waals surface area contributed by atoms with Crippen molar-refractivity contribution in [1.29, 1.82) is 0 Å². The van der Waals surface area contributed by atoms with Gasteiger partial charge < -0.3 is 21.1 Å². The van der Waals surface area contributed by atoms with Crippen molar-refractivity contribution < 1.29 is 14.3 Å². The molecule has 1 heterocycles. The van der Waals surface area contributed by atoms with Gasteiger partial charge in [-0.05, 0) is 38.0 Å². The number of rotatable bonds is 3. The minimum atomic E-state index is -0.507. The first-order chi connectivity index (χ1) is 10.5. The van der Waals surface area contributed by atoms with Crippen LogP contribution in [0.3, 0.4) is 0 Å². The van der Waals surface area contributed by atoms with E-state index < -0.39 is 11.5 Å². The molecule has 0 spiro atoms. The van der Waals surface area contributed by atoms with Crippen molar-refractivity contribution in [3.05, 3.63) is 18.2 Å². The molecule has 0 radical (unpaired) electrons. The first-order valence-corrected chi connectivity index (χ1v) is 7.67. The quantitative estimate of drug-likeness (QED) is 0.794. The Hall–Kier alpha value is -2.08. The van der Waals surface area contributed by atoms with Gasteiger partial charge in [0.2, 0.25) is 5.91 Å². The Morgan fingerprint density at radius 2 is 2.18 bits per heavy atom. The lowest BCUT2D eigenvalue weighted by Crippen LogP contribution is -2.40. The Balaban J connectivity index is 1.78. The Morgan fingerprint density at radius 3 is 2.86 bits per heavy atom. The zero-order valence-electron chi connectivity index (χ0n) is 12.6. The Bertz CT molecular complexity index is 609. The summed E-state index contributed by atoms with van der Waals surface area (Å²) in [6.07, 6.45) is 3.23. The third-order valence-corrected chi connectivity index (χ3v) is 4.60. The number of hydrogen-bond donors (Lipinski definition) is 3. The number of ether oxygens (including phenoxy) is 1. The Kier molecular flexibility index (Phi) is 3.78. The van der Waals surface area contributed by atoms with E-state index in [4.69, 9.17) is 10.5 Å². The third kappa shape index (κ3) is 2.54. The van der Waals surface area contributed by atoms with E-state index in [0.717, 1.165) is 25.7 Å². The SMILES string of the molecule is CC1Oc2ccc(NC(=O)C3(CN)CCCC3)cc2NC1=O. The van der Waals surface area contributed by atoms with Crippen LogP contribution >= 0.6 is 0 Å². The number of carbonyl (C=O) groups excluding carboxylic acids is 2. The molecule has 1 atom stereocenters. The van der Waals surface area contributed by atoms with Crippen molar-refractivity contribution in [2.24, 2.45) is 11.1 Å². The van der Waals surface area contributed by atoms with Crippen molar-refractivity contribution in [2.75, 3.05) is 17.2 Å². The summed E-state index contributed by atoms with van der Waals surface area (Å²) < 4.78 is 5.50. The van der Waals surface area contributed by atoms with Crippen molar-refractivity contribution in [3.63, 3.8) is 0 Å². The molecule has 3 rings (SSSR count). The van der Waals surface area contributed by atoms with Crippen LogP contribution in [0.5, 0.6) is 5.75 Å². The number of anilines is 2. The molecule has 2 amide bonds. The topological polar surface area (TPSA) is 93.4 Å². The van der Waals surface area contributed by atoms with Gasteiger partial charge in [-0.3, -0.25) is 9.59 Å². The van der Waals surface area contributed by atoms with E-state index in [1.165, 1.54) is 0 Å². The van der Waals surface area contributed by atoms with E-state index in [-0.39, 0.29) is 11.8 Å². The molecule has 0 bridgehead atoms. The summed E-state index contributed by atoms with van der Waals surface area (Å²) in [5, 5.41) is 5.70. The van der Waals surface area contributed by atoms with Crippen molar-refractivity contribution in [3.8, 4) is 5.75 Å². The molecule has 1 aromatic carbocycles. The van der Waals surface area contributed by atoms with Gasteiger partial charge in [0, 0.05) is 12.2 Å². The van der Waals surface area contributed by atoms with Crippen LogP contribution in [0.2, 0.25) is 0 Å². The van der Waals surface area contributed by atoms with E-state index in [0.29, 0.717) is 23.7 Å². The predicted octanol–water partition coefficient (Wildman–Crippen LogP) is 1.86. The molecule has 0 saturated heterocycles. The molecule has 1 fully saturated rings. The molecule has 22 heavy (non-hydrogen) atoms. The Morgan fingerprint density at radius 1 is 1.45 bits per heavy atom. The molecule has 1 aliphatic carbocycles. The maximum Gasteiger partial charge on any atom is 0.265 e. The fourth-order valence-corrected chi connectivity index (χ4v) is 3.13. The molecule has 1 aliphatic heterocycles. The van der Waals surface area contributed by atoms with Crippen LogP contribution < -0.4 is 21.1 Å². The highest BCUT2D eigenvalue weighted by Gasteiger charge is 2.39. The molecular weight excluding hydrogens is 282 g/mol. The Labute approximate surface area is 129 Å². The molecule has 1 saturated carbocycles. The number of nitrogens with one attached hydrogen (secondary N) is 2. The molecule has 1 unspecified atom stereocenters. The van der Waals surface area contributed by atoms with Gasteiger partial charge in [0.25, 0.3) is 5.91 Å². The molecule has 2 aliphatic rings. The zero-order chi connectivity index (χ0) is 15.7. The summed E-state index contributed by atoms with van der Waals surface area (Å²) >= 11 is 0. The second-order valence-electron chi connectivity index (χ2n) is 6.11. The largest absolute Gasteiger partial charge is 0.479 e. The molecule has 0 aromatic heterocycles. The van der Waals surface area contributed by atoms with Gasteiger partial charge in [-0.1, -0.05) is 12.8 Å². The van der Waals surface area contributed by atoms with E-state index in [2.05, 4.69) is 10.6 Å². The second kappa shape index (κ2) is 5.61. The third-order valence-electron chi connectivity index (χ3n) is 4.60. The number of benzene rings is 1. The number of fused-ring (bicyclic) bond motifs is 1. The van der Waals surface area contributed by atoms with E-state index in [1.54, 1.807) is 25.1 Å². The molecule has 6 nitrogen and oxygen atoms in total. The number of carbonyl (C=O) groups is 2. The highest BCUT2D eigenvalue weighted by Crippen LogP contribution is 2.39. The maximum absolute atomic E-state index is 12.5. The average Bonchev–Trinajstić information content (AvgIpc) is 2.99. The van der Waals surface area contributed by atoms with E-state index in [9.17, 15) is 9.59 Å². The van der Waals surface area contributed by atoms with Crippen molar-refractivity contribution in [1.82, 2.24) is 0 Å². The normalized spacial score (nSPS) is 22.5. The highest BCUT2D eigenvalue weighted by atomic mass is 16.5. The highest BCUT2D eigenvalue weighted by molar-refractivity contribution is 6.00. The van der Waals surface area contributed by atoms with Gasteiger partial charge in [-0.15, -0.1) is 0 Å². The van der Waals surface area contributed by atoms with Gasteiger partial charge in [-0.25, -0.2) is 0 Å². The zero-order valence-corrected chi connectivity index (χ0v) is 12.6. The van der Waals surface area contributed by atoms with Gasteiger partial charge in [0.1, 0.15) is 5.75 Å². The lowest BCUT2D eigenvalue weighted by molar-refractivity contribution is -0.125. The van der Waals surface area contributed by atoms with Crippen LogP contribution in [0.4, 0.5) is 11.4 Å². The minimum absolute atomic E-state index is 0.0381. The molecule has 6 heteroatoms. The van der Waals surface area contributed by atoms with Gasteiger partial charge in [0.05, 0.1) is 11.1 Å². The van der Waals surface area contributed by atoms with Crippen LogP contribution in [-0.4, -0.2) is 24.5 Å². The summed E-state index contributed by atoms with van der Waals surface area (Å²) in [6, 6.07) is 5.25. The van der Waals surface area contributed by atoms with E-state index in [1.807, 2.05) is 0 Å². The molecular formula is C16H21N3O3. The van der Waals surface area contributed by atoms with Gasteiger partial charge in [-0.2, -0.15) is 0 Å². The van der Waals surface area contributed by atoms with Crippen LogP contribution in [0, 0.1) is 5.41 Å². The molecule has 1 aromatic rings. The second-order valence-corrected chi connectivity index (χ2v) is 6.11. The summed E-state index contributed by atoms with van der Waals surface area (Å²) in [6.45, 7) is 2.06. The van der Waals surface area contributed by atoms with Crippen LogP contribution in [0.1, 0.15) is 32.6 Å². The number of nitrogens with two attached hydrogens (primary N) is 1. The van der Waals surface area contributed by atoms with E-state index >= 15 is 0 Å². The van der Waals surface area contributed by atoms with Crippen molar-refractivity contribution in [2.45, 2.75) is 38.7 Å². The van der Waals surface area contributed by atoms with Crippen LogP contribution in [-0.2, 0) is 9.59 Å². The van der Waals surface area contributed by atoms with Crippen LogP contribution in [0.15, 0.2) is 18.2 Å². The standard InChI is InChI=1S/C16H21N3O3/c1-10-14(20)19-12-8-11(4-5-13(12)22-10)18-15(21)16(9-17)6-2-3-7-16/h4-5,8,10H,2-3,6-7,9,17H2,1H3,(H,18,21)(H,19,20). The predicted molar refractivity (Wildman–Crippen MR) is 83.7 cm³/mol. The smallest absolute Gasteiger partial charge is 0.265 e. The average molecular weight is 303 g/mol. The minimum Gasteiger partial charge on any atom is -0.479 e. The number of hydrogen-bond acceptors (Lipinski definition) is 4. The lowest BCUT2D eigenvalue weighted by atomic mass is 9.85. The fraction of sp³-hybridized carbons (Fsp3) is 0.500. The van der Waals surface area contributed by atoms with Gasteiger partial charge >= 0.3 is 0 Å². The molecule has 118 valence electrons. The summed E-state index contributed by atoms with van der Waals surface area (Å²) in [5.41, 5.74) is 6.59. The monoisotopic (exact) mass is 303 g/mol. The number of amides is 2. The van der Waals surface area contributed by atoms with Crippen LogP contribution in [0.25, 0.3) is 0 Å². The first kappa shape index (κ1) is 14.8. The summed E-state index contributed by atoms with van der Waals surface area (Å²) in [4.78, 5) is 24.2.